The van der Waals surface area contributed by atoms with Crippen LogP contribution in [0.15, 0.2) is 15.9 Å². The Bertz CT molecular complexity index is 845. The molecular weight excluding hydrogens is 286 g/mol. The molecule has 0 saturated carbocycles. The van der Waals surface area contributed by atoms with Gasteiger partial charge in [-0.1, -0.05) is 0 Å². The number of hydrogen-bond donors (Lipinski definition) is 0. The predicted octanol–water partition coefficient (Wildman–Crippen LogP) is -0.554. The molecule has 1 fully saturated rings. The molecule has 8 heteroatoms. The zero-order chi connectivity index (χ0) is 15.9. The van der Waals surface area contributed by atoms with E-state index in [9.17, 15) is 14.4 Å². The number of likely N-dealkylation sites (tertiary alicyclic amines) is 1. The molecule has 0 radical (unpaired) electrons. The first-order valence-electron chi connectivity index (χ1n) is 7.39. The van der Waals surface area contributed by atoms with Crippen molar-refractivity contribution in [3.8, 4) is 0 Å². The number of aryl methyl sites for hydroxylation is 2. The second kappa shape index (κ2) is 5.43. The number of amides is 1. The van der Waals surface area contributed by atoms with Gasteiger partial charge in [-0.25, -0.2) is 9.78 Å². The van der Waals surface area contributed by atoms with Crippen molar-refractivity contribution in [1.29, 1.82) is 0 Å². The first-order chi connectivity index (χ1) is 10.5. The van der Waals surface area contributed by atoms with Crippen molar-refractivity contribution in [3.05, 3.63) is 27.2 Å². The maximum absolute atomic E-state index is 12.5. The monoisotopic (exact) mass is 305 g/mol. The molecule has 8 nitrogen and oxygen atoms in total. The lowest BCUT2D eigenvalue weighted by Gasteiger charge is -2.15. The van der Waals surface area contributed by atoms with Crippen LogP contribution < -0.4 is 11.2 Å². The predicted molar refractivity (Wildman–Crippen MR) is 80.6 cm³/mol. The highest BCUT2D eigenvalue weighted by molar-refractivity contribution is 5.78. The minimum Gasteiger partial charge on any atom is -0.343 e. The van der Waals surface area contributed by atoms with Gasteiger partial charge in [-0.2, -0.15) is 0 Å². The third-order valence-electron chi connectivity index (χ3n) is 4.18. The van der Waals surface area contributed by atoms with Crippen LogP contribution in [0.2, 0.25) is 0 Å². The maximum atomic E-state index is 12.5. The lowest BCUT2D eigenvalue weighted by molar-refractivity contribution is -0.127. The Balaban J connectivity index is 1.87. The van der Waals surface area contributed by atoms with E-state index >= 15 is 0 Å². The van der Waals surface area contributed by atoms with E-state index < -0.39 is 0 Å². The average molecular weight is 305 g/mol. The fourth-order valence-electron chi connectivity index (χ4n) is 2.95. The Kier molecular flexibility index (Phi) is 3.59. The standard InChI is InChI=1S/C14H19N5O3/c1-16-9-15-12-11(16)13(21)19(14(22)17(12)2)8-4-7-18-6-3-5-10(18)20/h9H,3-8H2,1-2H3. The van der Waals surface area contributed by atoms with Crippen LogP contribution in [-0.4, -0.2) is 42.6 Å². The van der Waals surface area contributed by atoms with Crippen LogP contribution in [0.4, 0.5) is 0 Å². The Morgan fingerprint density at radius 3 is 2.64 bits per heavy atom. The Labute approximate surface area is 126 Å². The van der Waals surface area contributed by atoms with Crippen LogP contribution in [0.5, 0.6) is 0 Å². The summed E-state index contributed by atoms with van der Waals surface area (Å²) in [6.07, 6.45) is 3.60. The van der Waals surface area contributed by atoms with Crippen molar-refractivity contribution >= 4 is 17.1 Å². The van der Waals surface area contributed by atoms with Crippen molar-refractivity contribution in [1.82, 2.24) is 23.6 Å². The van der Waals surface area contributed by atoms with Crippen molar-refractivity contribution in [2.75, 3.05) is 13.1 Å². The van der Waals surface area contributed by atoms with E-state index in [1.165, 1.54) is 15.5 Å². The van der Waals surface area contributed by atoms with Crippen LogP contribution in [0.3, 0.4) is 0 Å². The summed E-state index contributed by atoms with van der Waals surface area (Å²) in [5.41, 5.74) is 0.109. The van der Waals surface area contributed by atoms with Gasteiger partial charge < -0.3 is 9.47 Å². The number of aromatic nitrogens is 4. The molecule has 2 aromatic rings. The fraction of sp³-hybridized carbons (Fsp3) is 0.571. The van der Waals surface area contributed by atoms with Gasteiger partial charge in [0, 0.05) is 40.2 Å². The molecule has 1 amide bonds. The SMILES string of the molecule is Cn1cnc2c1c(=O)n(CCCN1CCCC1=O)c(=O)n2C. The molecule has 0 unspecified atom stereocenters. The van der Waals surface area contributed by atoms with Gasteiger partial charge in [0.15, 0.2) is 11.2 Å². The van der Waals surface area contributed by atoms with Crippen molar-refractivity contribution < 1.29 is 4.79 Å². The van der Waals surface area contributed by atoms with Gasteiger partial charge in [-0.15, -0.1) is 0 Å². The van der Waals surface area contributed by atoms with E-state index in [0.29, 0.717) is 37.1 Å². The molecule has 1 aliphatic rings. The van der Waals surface area contributed by atoms with Gasteiger partial charge >= 0.3 is 5.69 Å². The van der Waals surface area contributed by atoms with Gasteiger partial charge in [0.1, 0.15) is 0 Å². The molecule has 0 aromatic carbocycles. The third-order valence-corrected chi connectivity index (χ3v) is 4.18. The second-order valence-electron chi connectivity index (χ2n) is 5.66. The van der Waals surface area contributed by atoms with Gasteiger partial charge in [0.25, 0.3) is 5.56 Å². The summed E-state index contributed by atoms with van der Waals surface area (Å²) < 4.78 is 4.24. The molecule has 3 heterocycles. The molecule has 0 N–H and O–H groups in total. The average Bonchev–Trinajstić information content (AvgIpc) is 3.07. The fourth-order valence-corrected chi connectivity index (χ4v) is 2.95. The van der Waals surface area contributed by atoms with Crippen LogP contribution >= 0.6 is 0 Å². The quantitative estimate of drug-likeness (QED) is 0.758. The van der Waals surface area contributed by atoms with E-state index in [1.54, 1.807) is 23.6 Å². The maximum Gasteiger partial charge on any atom is 0.332 e. The van der Waals surface area contributed by atoms with Gasteiger partial charge in [-0.05, 0) is 12.8 Å². The van der Waals surface area contributed by atoms with Crippen molar-refractivity contribution in [2.45, 2.75) is 25.8 Å². The molecule has 1 saturated heterocycles. The molecule has 0 bridgehead atoms. The van der Waals surface area contributed by atoms with Gasteiger partial charge in [0.05, 0.1) is 6.33 Å². The summed E-state index contributed by atoms with van der Waals surface area (Å²) in [5, 5.41) is 0. The summed E-state index contributed by atoms with van der Waals surface area (Å²) in [5.74, 6) is 0.155. The van der Waals surface area contributed by atoms with Gasteiger partial charge in [-0.3, -0.25) is 18.7 Å². The summed E-state index contributed by atoms with van der Waals surface area (Å²) in [6, 6.07) is 0. The van der Waals surface area contributed by atoms with E-state index in [-0.39, 0.29) is 17.2 Å². The van der Waals surface area contributed by atoms with Crippen molar-refractivity contribution in [3.63, 3.8) is 0 Å². The second-order valence-corrected chi connectivity index (χ2v) is 5.66. The highest BCUT2D eigenvalue weighted by Gasteiger charge is 2.20. The minimum absolute atomic E-state index is 0.155. The number of rotatable bonds is 4. The number of imidazole rings is 1. The Morgan fingerprint density at radius 2 is 1.95 bits per heavy atom. The number of carbonyl (C=O) groups is 1. The normalized spacial score (nSPS) is 15.2. The summed E-state index contributed by atoms with van der Waals surface area (Å²) in [4.78, 5) is 42.2. The van der Waals surface area contributed by atoms with Crippen LogP contribution in [0.1, 0.15) is 19.3 Å². The van der Waals surface area contributed by atoms with E-state index in [0.717, 1.165) is 13.0 Å². The number of hydrogen-bond acceptors (Lipinski definition) is 4. The molecule has 3 rings (SSSR count). The lowest BCUT2D eigenvalue weighted by Crippen LogP contribution is -2.40. The van der Waals surface area contributed by atoms with E-state index in [4.69, 9.17) is 0 Å². The van der Waals surface area contributed by atoms with E-state index in [1.807, 2.05) is 0 Å². The molecule has 118 valence electrons. The Hall–Kier alpha value is -2.38. The third kappa shape index (κ3) is 2.24. The van der Waals surface area contributed by atoms with Gasteiger partial charge in [0.2, 0.25) is 5.91 Å². The molecule has 0 aliphatic carbocycles. The summed E-state index contributed by atoms with van der Waals surface area (Å²) in [6.45, 7) is 1.65. The van der Waals surface area contributed by atoms with E-state index in [2.05, 4.69) is 4.98 Å². The smallest absolute Gasteiger partial charge is 0.332 e. The Morgan fingerprint density at radius 1 is 1.18 bits per heavy atom. The molecule has 1 aliphatic heterocycles. The number of carbonyl (C=O) groups excluding carboxylic acids is 1. The highest BCUT2D eigenvalue weighted by Crippen LogP contribution is 2.10. The lowest BCUT2D eigenvalue weighted by atomic mass is 10.3. The van der Waals surface area contributed by atoms with Crippen LogP contribution in [0, 0.1) is 0 Å². The largest absolute Gasteiger partial charge is 0.343 e. The zero-order valence-electron chi connectivity index (χ0n) is 12.8. The molecule has 0 spiro atoms. The van der Waals surface area contributed by atoms with Crippen LogP contribution in [0.25, 0.3) is 11.2 Å². The minimum atomic E-state index is -0.371. The molecular formula is C14H19N5O3. The summed E-state index contributed by atoms with van der Waals surface area (Å²) in [7, 11) is 3.34. The first-order valence-corrected chi connectivity index (χ1v) is 7.39. The number of nitrogens with zero attached hydrogens (tertiary/aromatic N) is 5. The summed E-state index contributed by atoms with van der Waals surface area (Å²) >= 11 is 0. The highest BCUT2D eigenvalue weighted by atomic mass is 16.2. The molecule has 22 heavy (non-hydrogen) atoms. The first kappa shape index (κ1) is 14.6. The van der Waals surface area contributed by atoms with Crippen molar-refractivity contribution in [2.24, 2.45) is 14.1 Å². The topological polar surface area (TPSA) is 82.1 Å². The molecule has 2 aromatic heterocycles. The molecule has 0 atom stereocenters. The zero-order valence-corrected chi connectivity index (χ0v) is 12.8. The van der Waals surface area contributed by atoms with Crippen LogP contribution in [-0.2, 0) is 25.4 Å². The number of fused-ring (bicyclic) bond motifs is 1.